The van der Waals surface area contributed by atoms with Gasteiger partial charge >= 0.3 is 0 Å². The van der Waals surface area contributed by atoms with Gasteiger partial charge in [-0.05, 0) is 25.7 Å². The van der Waals surface area contributed by atoms with Crippen LogP contribution in [0.1, 0.15) is 38.4 Å². The molecule has 0 spiro atoms. The molecule has 2 atom stereocenters. The van der Waals surface area contributed by atoms with Crippen molar-refractivity contribution in [2.75, 3.05) is 37.6 Å². The van der Waals surface area contributed by atoms with Crippen LogP contribution in [0.15, 0.2) is 0 Å². The second-order valence-electron chi connectivity index (χ2n) is 6.82. The molecule has 0 unspecified atom stereocenters. The summed E-state index contributed by atoms with van der Waals surface area (Å²) in [5.74, 6) is 1.64. The number of anilines is 1. The molecule has 23 heavy (non-hydrogen) atoms. The molecule has 1 aliphatic heterocycles. The van der Waals surface area contributed by atoms with Crippen LogP contribution in [-0.2, 0) is 4.79 Å². The Labute approximate surface area is 142 Å². The van der Waals surface area contributed by atoms with Gasteiger partial charge in [0.25, 0.3) is 0 Å². The van der Waals surface area contributed by atoms with Crippen molar-refractivity contribution in [2.45, 2.75) is 45.6 Å². The molecule has 128 valence electrons. The first-order valence-corrected chi connectivity index (χ1v) is 9.46. The maximum Gasteiger partial charge on any atom is 0.234 e. The lowest BCUT2D eigenvalue weighted by atomic mass is 9.86. The molecule has 0 aromatic carbocycles. The van der Waals surface area contributed by atoms with Crippen molar-refractivity contribution < 1.29 is 4.79 Å². The summed E-state index contributed by atoms with van der Waals surface area (Å²) in [5.41, 5.74) is 0. The van der Waals surface area contributed by atoms with E-state index in [0.717, 1.165) is 43.6 Å². The van der Waals surface area contributed by atoms with Crippen molar-refractivity contribution in [1.29, 1.82) is 0 Å². The lowest BCUT2D eigenvalue weighted by molar-refractivity contribution is -0.123. The van der Waals surface area contributed by atoms with Gasteiger partial charge in [-0.15, -0.1) is 0 Å². The van der Waals surface area contributed by atoms with E-state index >= 15 is 0 Å². The van der Waals surface area contributed by atoms with Crippen LogP contribution in [-0.4, -0.2) is 58.9 Å². The Kier molecular flexibility index (Phi) is 5.48. The first kappa shape index (κ1) is 16.6. The first-order chi connectivity index (χ1) is 11.1. The van der Waals surface area contributed by atoms with E-state index in [2.05, 4.69) is 31.4 Å². The molecular weight excluding hydrogens is 310 g/mol. The number of carbonyl (C=O) groups excluding carboxylic acids is 1. The number of aromatic nitrogens is 2. The average Bonchev–Trinajstić information content (AvgIpc) is 2.97. The number of aryl methyl sites for hydroxylation is 1. The van der Waals surface area contributed by atoms with Gasteiger partial charge in [-0.2, -0.15) is 4.37 Å². The third-order valence-corrected chi connectivity index (χ3v) is 5.85. The number of piperazine rings is 1. The van der Waals surface area contributed by atoms with Crippen LogP contribution < -0.4 is 10.2 Å². The summed E-state index contributed by atoms with van der Waals surface area (Å²) in [4.78, 5) is 21.2. The third kappa shape index (κ3) is 4.41. The second kappa shape index (κ2) is 7.57. The summed E-state index contributed by atoms with van der Waals surface area (Å²) in [6.45, 7) is 8.36. The smallest absolute Gasteiger partial charge is 0.234 e. The Hall–Kier alpha value is -1.21. The standard InChI is InChI=1S/C16H27N5OS/c1-12-5-3-4-6-14(12)18-15(22)11-20-7-9-21(10-8-20)16-17-13(2)19-23-16/h12,14H,3-11H2,1-2H3,(H,18,22)/t12-,14+/m0/s1. The van der Waals surface area contributed by atoms with E-state index in [0.29, 0.717) is 18.5 Å². The molecule has 6 nitrogen and oxygen atoms in total. The van der Waals surface area contributed by atoms with Crippen LogP contribution in [0.5, 0.6) is 0 Å². The Balaban J connectivity index is 1.42. The molecule has 1 saturated heterocycles. The minimum Gasteiger partial charge on any atom is -0.352 e. The highest BCUT2D eigenvalue weighted by Gasteiger charge is 2.25. The van der Waals surface area contributed by atoms with Crippen LogP contribution in [0.3, 0.4) is 0 Å². The summed E-state index contributed by atoms with van der Waals surface area (Å²) in [5, 5.41) is 4.25. The van der Waals surface area contributed by atoms with Crippen LogP contribution in [0, 0.1) is 12.8 Å². The zero-order chi connectivity index (χ0) is 16.2. The molecule has 7 heteroatoms. The minimum atomic E-state index is 0.184. The van der Waals surface area contributed by atoms with Gasteiger partial charge in [-0.25, -0.2) is 4.98 Å². The van der Waals surface area contributed by atoms with Crippen molar-refractivity contribution in [3.05, 3.63) is 5.82 Å². The largest absolute Gasteiger partial charge is 0.352 e. The highest BCUT2D eigenvalue weighted by molar-refractivity contribution is 7.09. The number of hydrogen-bond donors (Lipinski definition) is 1. The maximum absolute atomic E-state index is 12.3. The third-order valence-electron chi connectivity index (χ3n) is 4.98. The van der Waals surface area contributed by atoms with Crippen molar-refractivity contribution in [2.24, 2.45) is 5.92 Å². The van der Waals surface area contributed by atoms with E-state index in [-0.39, 0.29) is 5.91 Å². The van der Waals surface area contributed by atoms with E-state index in [1.54, 1.807) is 0 Å². The van der Waals surface area contributed by atoms with Gasteiger partial charge in [0.1, 0.15) is 5.82 Å². The lowest BCUT2D eigenvalue weighted by Crippen LogP contribution is -2.51. The Morgan fingerprint density at radius 2 is 2.00 bits per heavy atom. The average molecular weight is 337 g/mol. The van der Waals surface area contributed by atoms with Crippen LogP contribution in [0.25, 0.3) is 0 Å². The zero-order valence-corrected chi connectivity index (χ0v) is 14.9. The summed E-state index contributed by atoms with van der Waals surface area (Å²) < 4.78 is 4.24. The van der Waals surface area contributed by atoms with E-state index in [1.165, 1.54) is 30.8 Å². The molecule has 1 N–H and O–H groups in total. The van der Waals surface area contributed by atoms with Crippen molar-refractivity contribution in [3.8, 4) is 0 Å². The van der Waals surface area contributed by atoms with Gasteiger partial charge < -0.3 is 10.2 Å². The number of rotatable bonds is 4. The fraction of sp³-hybridized carbons (Fsp3) is 0.812. The Bertz CT molecular complexity index is 526. The monoisotopic (exact) mass is 337 g/mol. The van der Waals surface area contributed by atoms with Crippen molar-refractivity contribution in [1.82, 2.24) is 19.6 Å². The van der Waals surface area contributed by atoms with E-state index in [9.17, 15) is 4.79 Å². The fourth-order valence-electron chi connectivity index (χ4n) is 3.50. The molecule has 0 radical (unpaired) electrons. The highest BCUT2D eigenvalue weighted by Crippen LogP contribution is 2.23. The molecule has 2 aliphatic rings. The lowest BCUT2D eigenvalue weighted by Gasteiger charge is -2.35. The summed E-state index contributed by atoms with van der Waals surface area (Å²) in [7, 11) is 0. The van der Waals surface area contributed by atoms with E-state index in [1.807, 2.05) is 6.92 Å². The molecule has 3 rings (SSSR count). The van der Waals surface area contributed by atoms with Crippen LogP contribution in [0.4, 0.5) is 5.13 Å². The molecule has 1 aromatic heterocycles. The number of nitrogens with one attached hydrogen (secondary N) is 1. The zero-order valence-electron chi connectivity index (χ0n) is 14.1. The van der Waals surface area contributed by atoms with E-state index < -0.39 is 0 Å². The molecule has 0 bridgehead atoms. The van der Waals surface area contributed by atoms with Crippen LogP contribution >= 0.6 is 11.5 Å². The quantitative estimate of drug-likeness (QED) is 0.905. The summed E-state index contributed by atoms with van der Waals surface area (Å²) >= 11 is 1.46. The molecule has 1 aliphatic carbocycles. The molecular formula is C16H27N5OS. The SMILES string of the molecule is Cc1nsc(N2CCN(CC(=O)N[C@@H]3CCCC[C@@H]3C)CC2)n1. The predicted molar refractivity (Wildman–Crippen MR) is 92.9 cm³/mol. The molecule has 1 saturated carbocycles. The number of amides is 1. The van der Waals surface area contributed by atoms with Gasteiger partial charge in [0.05, 0.1) is 6.54 Å². The van der Waals surface area contributed by atoms with Crippen LogP contribution in [0.2, 0.25) is 0 Å². The Morgan fingerprint density at radius 1 is 1.26 bits per heavy atom. The fourth-order valence-corrected chi connectivity index (χ4v) is 4.22. The van der Waals surface area contributed by atoms with Gasteiger partial charge in [0.2, 0.25) is 11.0 Å². The van der Waals surface area contributed by atoms with Gasteiger partial charge in [-0.3, -0.25) is 9.69 Å². The second-order valence-corrected chi connectivity index (χ2v) is 7.55. The Morgan fingerprint density at radius 3 is 2.65 bits per heavy atom. The first-order valence-electron chi connectivity index (χ1n) is 8.69. The van der Waals surface area contributed by atoms with E-state index in [4.69, 9.17) is 0 Å². The van der Waals surface area contributed by atoms with Crippen molar-refractivity contribution >= 4 is 22.6 Å². The summed E-state index contributed by atoms with van der Waals surface area (Å²) in [6.07, 6.45) is 4.93. The number of hydrogen-bond acceptors (Lipinski definition) is 6. The number of carbonyl (C=O) groups is 1. The number of nitrogens with zero attached hydrogens (tertiary/aromatic N) is 4. The maximum atomic E-state index is 12.3. The topological polar surface area (TPSA) is 61.4 Å². The highest BCUT2D eigenvalue weighted by atomic mass is 32.1. The van der Waals surface area contributed by atoms with Gasteiger partial charge in [0, 0.05) is 43.8 Å². The molecule has 1 aromatic rings. The minimum absolute atomic E-state index is 0.184. The molecule has 1 amide bonds. The predicted octanol–water partition coefficient (Wildman–Crippen LogP) is 1.66. The molecule has 2 fully saturated rings. The normalized spacial score (nSPS) is 26.3. The van der Waals surface area contributed by atoms with Crippen molar-refractivity contribution in [3.63, 3.8) is 0 Å². The molecule has 2 heterocycles. The summed E-state index contributed by atoms with van der Waals surface area (Å²) in [6, 6.07) is 0.377. The van der Waals surface area contributed by atoms with Gasteiger partial charge in [-0.1, -0.05) is 19.8 Å². The van der Waals surface area contributed by atoms with Gasteiger partial charge in [0.15, 0.2) is 0 Å².